The van der Waals surface area contributed by atoms with Crippen molar-refractivity contribution in [2.75, 3.05) is 13.4 Å². The molecule has 0 heterocycles. The lowest BCUT2D eigenvalue weighted by molar-refractivity contribution is -0.147. The van der Waals surface area contributed by atoms with Gasteiger partial charge in [-0.3, -0.25) is 4.79 Å². The maximum absolute atomic E-state index is 10.1. The van der Waals surface area contributed by atoms with E-state index in [0.29, 0.717) is 6.61 Å². The van der Waals surface area contributed by atoms with E-state index in [1.807, 2.05) is 6.92 Å². The van der Waals surface area contributed by atoms with Gasteiger partial charge in [-0.15, -0.1) is 0 Å². The van der Waals surface area contributed by atoms with E-state index < -0.39 is 10.0 Å². The molecule has 4 nitrogen and oxygen atoms in total. The van der Waals surface area contributed by atoms with Gasteiger partial charge in [0.2, 0.25) is 0 Å². The maximum Gasteiger partial charge on any atom is 0.307 e. The van der Waals surface area contributed by atoms with E-state index in [-0.39, 0.29) is 12.8 Å². The Kier molecular flexibility index (Phi) is 6.46. The van der Waals surface area contributed by atoms with Crippen molar-refractivity contribution in [3.8, 4) is 0 Å². The summed E-state index contributed by atoms with van der Waals surface area (Å²) in [6, 6.07) is 0. The van der Waals surface area contributed by atoms with Crippen LogP contribution in [0.1, 0.15) is 13.8 Å². The second kappa shape index (κ2) is 6.72. The van der Waals surface area contributed by atoms with Gasteiger partial charge >= 0.3 is 16.0 Å². The molecule has 0 aromatic carbocycles. The van der Waals surface area contributed by atoms with Gasteiger partial charge in [-0.2, -0.15) is 0 Å². The lowest BCUT2D eigenvalue weighted by Crippen LogP contribution is -2.09. The highest BCUT2D eigenvalue weighted by molar-refractivity contribution is 6.17. The second-order valence-electron chi connectivity index (χ2n) is 1.57. The molecule has 0 bridgehead atoms. The molecule has 0 aliphatic rings. The summed E-state index contributed by atoms with van der Waals surface area (Å²) in [7, 11) is -0.909. The minimum atomic E-state index is -0.909. The number of esters is 1. The fraction of sp³-hybridized carbons (Fsp3) is 0.800. The van der Waals surface area contributed by atoms with Crippen LogP contribution in [0.25, 0.3) is 0 Å². The van der Waals surface area contributed by atoms with Gasteiger partial charge in [-0.05, 0) is 6.92 Å². The van der Waals surface area contributed by atoms with Crippen LogP contribution in [0.4, 0.5) is 0 Å². The van der Waals surface area contributed by atoms with Crippen molar-refractivity contribution in [1.82, 2.24) is 0 Å². The van der Waals surface area contributed by atoms with Crippen LogP contribution in [-0.4, -0.2) is 29.4 Å². The summed E-state index contributed by atoms with van der Waals surface area (Å²) in [5, 5.41) is 0. The average molecular weight is 164 g/mol. The molecule has 5 heteroatoms. The van der Waals surface area contributed by atoms with Crippen LogP contribution in [0.5, 0.6) is 0 Å². The van der Waals surface area contributed by atoms with Crippen molar-refractivity contribution in [3.63, 3.8) is 0 Å². The van der Waals surface area contributed by atoms with Crippen molar-refractivity contribution < 1.29 is 18.4 Å². The third-order valence-corrected chi connectivity index (χ3v) is 1.62. The Balaban J connectivity index is 2.84. The quantitative estimate of drug-likeness (QED) is 0.239. The lowest BCUT2D eigenvalue weighted by Gasteiger charge is -2.02. The highest BCUT2D eigenvalue weighted by Gasteiger charge is 1.90. The summed E-state index contributed by atoms with van der Waals surface area (Å²) >= 11 is 0. The Labute approximate surface area is 62.5 Å². The number of carbonyl (C=O) groups excluding carboxylic acids is 1. The molecule has 0 fully saturated rings. The molecule has 0 N–H and O–H groups in total. The summed E-state index contributed by atoms with van der Waals surface area (Å²) in [6.45, 7) is 3.92. The van der Waals surface area contributed by atoms with Gasteiger partial charge < -0.3 is 13.6 Å². The highest BCUT2D eigenvalue weighted by atomic mass is 28.3. The van der Waals surface area contributed by atoms with Gasteiger partial charge in [-0.25, -0.2) is 0 Å². The molecular weight excluding hydrogens is 152 g/mol. The first-order valence-corrected chi connectivity index (χ1v) is 4.21. The number of ether oxygens (including phenoxy) is 1. The van der Waals surface area contributed by atoms with Crippen LogP contribution in [0.3, 0.4) is 0 Å². The maximum atomic E-state index is 10.1. The van der Waals surface area contributed by atoms with Gasteiger partial charge in [0, 0.05) is 13.5 Å². The van der Waals surface area contributed by atoms with Crippen LogP contribution in [0.2, 0.25) is 0 Å². The first-order valence-electron chi connectivity index (χ1n) is 3.06. The molecular formula is C5H12O4Si. The zero-order valence-corrected chi connectivity index (χ0v) is 7.67. The third-order valence-electron chi connectivity index (χ3n) is 0.716. The third kappa shape index (κ3) is 7.61. The number of rotatable bonds is 5. The van der Waals surface area contributed by atoms with E-state index in [9.17, 15) is 4.79 Å². The van der Waals surface area contributed by atoms with Crippen LogP contribution in [0, 0.1) is 0 Å². The topological polar surface area (TPSA) is 44.8 Å². The molecule has 0 aliphatic heterocycles. The molecule has 0 saturated heterocycles. The Hall–Kier alpha value is -0.393. The van der Waals surface area contributed by atoms with Crippen molar-refractivity contribution >= 4 is 16.0 Å². The monoisotopic (exact) mass is 164 g/mol. The smallest absolute Gasteiger partial charge is 0.307 e. The minimum Gasteiger partial charge on any atom is -0.440 e. The predicted octanol–water partition coefficient (Wildman–Crippen LogP) is -0.441. The zero-order chi connectivity index (χ0) is 7.82. The molecule has 0 atom stereocenters. The Morgan fingerprint density at radius 2 is 2.20 bits per heavy atom. The Morgan fingerprint density at radius 3 is 2.70 bits per heavy atom. The fourth-order valence-electron chi connectivity index (χ4n) is 0.301. The molecule has 60 valence electrons. The largest absolute Gasteiger partial charge is 0.440 e. The van der Waals surface area contributed by atoms with Crippen molar-refractivity contribution in [3.05, 3.63) is 0 Å². The highest BCUT2D eigenvalue weighted by Crippen LogP contribution is 1.78. The molecule has 0 amide bonds. The number of hydrogen-bond donors (Lipinski definition) is 0. The molecule has 0 saturated carbocycles. The molecule has 0 aliphatic carbocycles. The van der Waals surface area contributed by atoms with Crippen LogP contribution in [-0.2, 0) is 18.4 Å². The Bertz CT molecular complexity index is 95.6. The van der Waals surface area contributed by atoms with Gasteiger partial charge in [-0.1, -0.05) is 0 Å². The molecule has 10 heavy (non-hydrogen) atoms. The molecule has 0 aromatic rings. The summed E-state index contributed by atoms with van der Waals surface area (Å²) in [5.74, 6) is -0.328. The SMILES string of the molecule is CCO[SiH2]OCOC(C)=O. The van der Waals surface area contributed by atoms with Gasteiger partial charge in [0.15, 0.2) is 6.79 Å². The fourth-order valence-corrected chi connectivity index (χ4v) is 0.737. The van der Waals surface area contributed by atoms with Gasteiger partial charge in [0.1, 0.15) is 0 Å². The molecule has 0 radical (unpaired) electrons. The first kappa shape index (κ1) is 9.61. The van der Waals surface area contributed by atoms with Crippen molar-refractivity contribution in [2.24, 2.45) is 0 Å². The van der Waals surface area contributed by atoms with E-state index in [1.165, 1.54) is 6.92 Å². The average Bonchev–Trinajstić information content (AvgIpc) is 1.87. The summed E-state index contributed by atoms with van der Waals surface area (Å²) in [5.41, 5.74) is 0. The van der Waals surface area contributed by atoms with Crippen molar-refractivity contribution in [2.45, 2.75) is 13.8 Å². The summed E-state index contributed by atoms with van der Waals surface area (Å²) in [6.07, 6.45) is 0. The molecule has 0 rings (SSSR count). The standard InChI is InChI=1S/C5H12O4Si/c1-3-8-10-9-4-7-5(2)6/h3-4,10H2,1-2H3. The first-order chi connectivity index (χ1) is 4.77. The zero-order valence-electron chi connectivity index (χ0n) is 6.25. The second-order valence-corrected chi connectivity index (χ2v) is 2.62. The molecule has 0 spiro atoms. The number of hydrogen-bond acceptors (Lipinski definition) is 4. The molecule has 0 unspecified atom stereocenters. The predicted molar refractivity (Wildman–Crippen MR) is 37.9 cm³/mol. The summed E-state index contributed by atoms with van der Waals surface area (Å²) < 4.78 is 14.3. The normalized spacial score (nSPS) is 10.6. The Morgan fingerprint density at radius 1 is 1.50 bits per heavy atom. The van der Waals surface area contributed by atoms with Crippen LogP contribution in [0.15, 0.2) is 0 Å². The van der Waals surface area contributed by atoms with Gasteiger partial charge in [0.05, 0.1) is 0 Å². The van der Waals surface area contributed by atoms with E-state index >= 15 is 0 Å². The molecule has 0 aromatic heterocycles. The minimum absolute atomic E-state index is 0.0293. The van der Waals surface area contributed by atoms with Crippen molar-refractivity contribution in [1.29, 1.82) is 0 Å². The van der Waals surface area contributed by atoms with Crippen LogP contribution < -0.4 is 0 Å². The van der Waals surface area contributed by atoms with E-state index in [1.54, 1.807) is 0 Å². The van der Waals surface area contributed by atoms with Gasteiger partial charge in [0.25, 0.3) is 0 Å². The van der Waals surface area contributed by atoms with E-state index in [0.717, 1.165) is 0 Å². The number of carbonyl (C=O) groups is 1. The summed E-state index contributed by atoms with van der Waals surface area (Å²) in [4.78, 5) is 10.1. The van der Waals surface area contributed by atoms with Crippen LogP contribution >= 0.6 is 0 Å². The van der Waals surface area contributed by atoms with E-state index in [4.69, 9.17) is 8.85 Å². The lowest BCUT2D eigenvalue weighted by atomic mass is 10.8. The van der Waals surface area contributed by atoms with E-state index in [2.05, 4.69) is 4.74 Å².